The molecular weight excluding hydrogens is 277 g/mol. The van der Waals surface area contributed by atoms with Crippen LogP contribution in [0.3, 0.4) is 0 Å². The Kier molecular flexibility index (Phi) is 3.61. The van der Waals surface area contributed by atoms with Crippen molar-refractivity contribution < 1.29 is 19.1 Å². The van der Waals surface area contributed by atoms with E-state index >= 15 is 0 Å². The second-order valence-electron chi connectivity index (χ2n) is 3.21. The number of carboxylic acid groups (broad SMARTS) is 1. The number of carbonyl (C=O) groups is 2. The summed E-state index contributed by atoms with van der Waals surface area (Å²) in [6.45, 7) is 0. The highest BCUT2D eigenvalue weighted by atomic mass is 32.1. The van der Waals surface area contributed by atoms with Crippen molar-refractivity contribution in [1.29, 1.82) is 0 Å². The summed E-state index contributed by atoms with van der Waals surface area (Å²) >= 11 is 0.841. The summed E-state index contributed by atoms with van der Waals surface area (Å²) in [4.78, 5) is 22.4. The Balaban J connectivity index is 2.17. The molecule has 0 fully saturated rings. The molecule has 0 unspecified atom stereocenters. The topological polar surface area (TPSA) is 117 Å². The van der Waals surface area contributed by atoms with Crippen molar-refractivity contribution in [1.82, 2.24) is 14.8 Å². The fraction of sp³-hybridized carbons (Fsp3) is 0. The van der Waals surface area contributed by atoms with Crippen LogP contribution in [0.1, 0.15) is 10.4 Å². The first kappa shape index (κ1) is 12.8. The lowest BCUT2D eigenvalue weighted by Gasteiger charge is -2.08. The molecule has 1 aromatic heterocycles. The third-order valence-corrected chi connectivity index (χ3v) is 2.51. The zero-order chi connectivity index (χ0) is 13.8. The van der Waals surface area contributed by atoms with E-state index in [2.05, 4.69) is 25.4 Å². The van der Waals surface area contributed by atoms with Crippen LogP contribution >= 0.6 is 11.5 Å². The number of urea groups is 1. The molecule has 0 atom stereocenters. The number of anilines is 2. The van der Waals surface area contributed by atoms with E-state index in [0.29, 0.717) is 0 Å². The van der Waals surface area contributed by atoms with Gasteiger partial charge in [0.05, 0.1) is 5.69 Å². The summed E-state index contributed by atoms with van der Waals surface area (Å²) in [6.07, 6.45) is 0. The van der Waals surface area contributed by atoms with E-state index in [-0.39, 0.29) is 10.8 Å². The minimum Gasteiger partial charge on any atom is -0.478 e. The third kappa shape index (κ3) is 2.98. The van der Waals surface area contributed by atoms with Crippen LogP contribution in [0.4, 0.5) is 20.0 Å². The van der Waals surface area contributed by atoms with E-state index < -0.39 is 23.4 Å². The van der Waals surface area contributed by atoms with Crippen LogP contribution in [0.2, 0.25) is 0 Å². The normalized spacial score (nSPS) is 9.95. The molecule has 0 radical (unpaired) electrons. The minimum atomic E-state index is -1.48. The lowest BCUT2D eigenvalue weighted by atomic mass is 10.1. The standard InChI is InChI=1S/C9H6FN5O3S/c10-4-2-1-3-5(6(4)7(16)17)11-8(18)12-9-13-14-15-19-9/h1-3H,(H,16,17)(H2,11,12,13,15,18). The van der Waals surface area contributed by atoms with E-state index in [1.165, 1.54) is 12.1 Å². The SMILES string of the molecule is O=C(Nc1nnns1)Nc1cccc(F)c1C(=O)O. The van der Waals surface area contributed by atoms with Crippen LogP contribution in [0.15, 0.2) is 18.2 Å². The molecule has 3 N–H and O–H groups in total. The van der Waals surface area contributed by atoms with Gasteiger partial charge in [-0.05, 0) is 17.3 Å². The predicted molar refractivity (Wildman–Crippen MR) is 63.7 cm³/mol. The average molecular weight is 283 g/mol. The Morgan fingerprint density at radius 3 is 2.74 bits per heavy atom. The number of amides is 2. The zero-order valence-electron chi connectivity index (χ0n) is 9.12. The van der Waals surface area contributed by atoms with Crippen LogP contribution < -0.4 is 10.6 Å². The highest BCUT2D eigenvalue weighted by Gasteiger charge is 2.17. The molecule has 8 nitrogen and oxygen atoms in total. The fourth-order valence-corrected chi connectivity index (χ4v) is 1.64. The second-order valence-corrected chi connectivity index (χ2v) is 3.95. The molecule has 0 saturated heterocycles. The fourth-order valence-electron chi connectivity index (χ4n) is 1.28. The van der Waals surface area contributed by atoms with Crippen molar-refractivity contribution >= 4 is 34.4 Å². The van der Waals surface area contributed by atoms with Crippen LogP contribution in [0.5, 0.6) is 0 Å². The van der Waals surface area contributed by atoms with Gasteiger partial charge >= 0.3 is 12.0 Å². The third-order valence-electron chi connectivity index (χ3n) is 2.00. The molecule has 19 heavy (non-hydrogen) atoms. The summed E-state index contributed by atoms with van der Waals surface area (Å²) in [5.74, 6) is -2.42. The number of nitrogens with zero attached hydrogens (tertiary/aromatic N) is 3. The van der Waals surface area contributed by atoms with Gasteiger partial charge in [-0.2, -0.15) is 0 Å². The highest BCUT2D eigenvalue weighted by Crippen LogP contribution is 2.19. The van der Waals surface area contributed by atoms with Gasteiger partial charge in [0.15, 0.2) is 0 Å². The number of halogens is 1. The Labute approximate surface area is 109 Å². The van der Waals surface area contributed by atoms with E-state index in [1.54, 1.807) is 0 Å². The van der Waals surface area contributed by atoms with Gasteiger partial charge < -0.3 is 10.4 Å². The molecule has 2 rings (SSSR count). The van der Waals surface area contributed by atoms with Crippen molar-refractivity contribution in [2.75, 3.05) is 10.6 Å². The van der Waals surface area contributed by atoms with E-state index in [1.807, 2.05) is 0 Å². The number of carboxylic acids is 1. The number of aromatic nitrogens is 3. The van der Waals surface area contributed by atoms with Gasteiger partial charge in [-0.25, -0.2) is 14.0 Å². The summed E-state index contributed by atoms with van der Waals surface area (Å²) in [7, 11) is 0. The first-order chi connectivity index (χ1) is 9.08. The number of hydrogen-bond donors (Lipinski definition) is 3. The quantitative estimate of drug-likeness (QED) is 0.784. The maximum absolute atomic E-state index is 13.3. The molecule has 0 saturated carbocycles. The van der Waals surface area contributed by atoms with Crippen molar-refractivity contribution in [2.45, 2.75) is 0 Å². The number of rotatable bonds is 3. The van der Waals surface area contributed by atoms with Crippen molar-refractivity contribution in [3.63, 3.8) is 0 Å². The monoisotopic (exact) mass is 283 g/mol. The Bertz CT molecular complexity index is 618. The van der Waals surface area contributed by atoms with Crippen molar-refractivity contribution in [3.8, 4) is 0 Å². The molecule has 98 valence electrons. The van der Waals surface area contributed by atoms with Crippen LogP contribution in [0.25, 0.3) is 0 Å². The summed E-state index contributed by atoms with van der Waals surface area (Å²) in [5, 5.41) is 20.2. The Morgan fingerprint density at radius 1 is 1.32 bits per heavy atom. The lowest BCUT2D eigenvalue weighted by Crippen LogP contribution is -2.21. The number of aromatic carboxylic acids is 1. The van der Waals surface area contributed by atoms with E-state index in [0.717, 1.165) is 17.6 Å². The summed E-state index contributed by atoms with van der Waals surface area (Å²) in [5.41, 5.74) is -0.782. The molecule has 0 aliphatic heterocycles. The lowest BCUT2D eigenvalue weighted by molar-refractivity contribution is 0.0693. The molecule has 2 aromatic rings. The summed E-state index contributed by atoms with van der Waals surface area (Å²) in [6, 6.07) is 2.77. The molecule has 10 heteroatoms. The highest BCUT2D eigenvalue weighted by molar-refractivity contribution is 7.09. The number of carbonyl (C=O) groups excluding carboxylic acids is 1. The zero-order valence-corrected chi connectivity index (χ0v) is 9.94. The number of hydrogen-bond acceptors (Lipinski definition) is 6. The molecule has 0 aliphatic rings. The maximum Gasteiger partial charge on any atom is 0.340 e. The van der Waals surface area contributed by atoms with Crippen molar-refractivity contribution in [2.24, 2.45) is 0 Å². The largest absolute Gasteiger partial charge is 0.478 e. The van der Waals surface area contributed by atoms with Crippen LogP contribution in [-0.4, -0.2) is 31.9 Å². The van der Waals surface area contributed by atoms with Gasteiger partial charge in [0, 0.05) is 11.5 Å². The molecule has 1 heterocycles. The second kappa shape index (κ2) is 5.35. The van der Waals surface area contributed by atoms with Gasteiger partial charge in [0.1, 0.15) is 11.4 Å². The van der Waals surface area contributed by atoms with Gasteiger partial charge in [0.25, 0.3) is 0 Å². The number of nitrogens with one attached hydrogen (secondary N) is 2. The molecular formula is C9H6FN5O3S. The first-order valence-electron chi connectivity index (χ1n) is 4.83. The Morgan fingerprint density at radius 2 is 2.11 bits per heavy atom. The summed E-state index contributed by atoms with van der Waals surface area (Å²) < 4.78 is 16.8. The van der Waals surface area contributed by atoms with Gasteiger partial charge in [-0.1, -0.05) is 15.7 Å². The minimum absolute atomic E-state index is 0.130. The number of benzene rings is 1. The van der Waals surface area contributed by atoms with Gasteiger partial charge in [-0.3, -0.25) is 5.32 Å². The van der Waals surface area contributed by atoms with Gasteiger partial charge in [0.2, 0.25) is 5.13 Å². The van der Waals surface area contributed by atoms with Crippen LogP contribution in [0, 0.1) is 5.82 Å². The van der Waals surface area contributed by atoms with Crippen LogP contribution in [-0.2, 0) is 0 Å². The van der Waals surface area contributed by atoms with Crippen molar-refractivity contribution in [3.05, 3.63) is 29.6 Å². The van der Waals surface area contributed by atoms with E-state index in [4.69, 9.17) is 5.11 Å². The first-order valence-corrected chi connectivity index (χ1v) is 5.60. The van der Waals surface area contributed by atoms with E-state index in [9.17, 15) is 14.0 Å². The Hall–Kier alpha value is -2.62. The molecule has 1 aromatic carbocycles. The molecule has 0 bridgehead atoms. The predicted octanol–water partition coefficient (Wildman–Crippen LogP) is 1.41. The molecule has 0 aliphatic carbocycles. The average Bonchev–Trinajstić information content (AvgIpc) is 2.81. The maximum atomic E-state index is 13.3. The van der Waals surface area contributed by atoms with Gasteiger partial charge in [-0.15, -0.1) is 0 Å². The molecule has 0 spiro atoms. The molecule has 2 amide bonds. The smallest absolute Gasteiger partial charge is 0.340 e.